The summed E-state index contributed by atoms with van der Waals surface area (Å²) in [6.07, 6.45) is 0. The van der Waals surface area contributed by atoms with Crippen molar-refractivity contribution in [3.05, 3.63) is 91.9 Å². The van der Waals surface area contributed by atoms with E-state index < -0.39 is 51.4 Å². The lowest BCUT2D eigenvalue weighted by atomic mass is 9.82. The maximum absolute atomic E-state index is 14.1. The van der Waals surface area contributed by atoms with Gasteiger partial charge < -0.3 is 19.8 Å². The summed E-state index contributed by atoms with van der Waals surface area (Å²) in [5.74, 6) is -2.35. The Hall–Kier alpha value is -4.15. The number of ether oxygens (including phenoxy) is 2. The number of nitrogens with two attached hydrogens (primary N) is 1. The Balaban J connectivity index is 1.31. The Labute approximate surface area is 269 Å². The first-order valence-electron chi connectivity index (χ1n) is 13.2. The summed E-state index contributed by atoms with van der Waals surface area (Å²) < 4.78 is 34.1. The highest BCUT2D eigenvalue weighted by Gasteiger charge is 2.56. The van der Waals surface area contributed by atoms with Crippen molar-refractivity contribution in [3.8, 4) is 11.5 Å². The van der Waals surface area contributed by atoms with E-state index in [1.54, 1.807) is 42.5 Å². The number of thioether (sulfide) groups is 1. The van der Waals surface area contributed by atoms with E-state index in [1.165, 1.54) is 31.4 Å². The van der Waals surface area contributed by atoms with Crippen molar-refractivity contribution >= 4 is 73.8 Å². The fourth-order valence-electron chi connectivity index (χ4n) is 5.30. The fourth-order valence-corrected chi connectivity index (χ4v) is 8.50. The first-order chi connectivity index (χ1) is 21.4. The predicted molar refractivity (Wildman–Crippen MR) is 169 cm³/mol. The molecule has 1 saturated heterocycles. The van der Waals surface area contributed by atoms with E-state index in [2.05, 4.69) is 10.3 Å². The van der Waals surface area contributed by atoms with Crippen LogP contribution in [0.3, 0.4) is 0 Å². The van der Waals surface area contributed by atoms with Crippen LogP contribution >= 0.6 is 34.7 Å². The molecule has 0 bridgehead atoms. The number of imide groups is 1. The summed E-state index contributed by atoms with van der Waals surface area (Å²) in [5.41, 5.74) is 1.12. The number of fused-ring (bicyclic) bond motifs is 2. The maximum atomic E-state index is 14.1. The number of aromatic amines is 1. The number of carbonyl (C=O) groups excluding carboxylic acids is 3. The number of sulfonamides is 1. The van der Waals surface area contributed by atoms with Crippen LogP contribution in [0.25, 0.3) is 0 Å². The van der Waals surface area contributed by atoms with Gasteiger partial charge in [0.05, 0.1) is 28.6 Å². The van der Waals surface area contributed by atoms with Crippen LogP contribution in [0.1, 0.15) is 16.4 Å². The number of primary sulfonamides is 1. The van der Waals surface area contributed by atoms with Gasteiger partial charge in [-0.3, -0.25) is 19.2 Å². The summed E-state index contributed by atoms with van der Waals surface area (Å²) in [6, 6.07) is 16.6. The Morgan fingerprint density at radius 2 is 1.76 bits per heavy atom. The zero-order chi connectivity index (χ0) is 32.0. The monoisotopic (exact) mass is 686 g/mol. The maximum Gasteiger partial charge on any atom is 0.305 e. The first-order valence-corrected chi connectivity index (χ1v) is 16.8. The van der Waals surface area contributed by atoms with E-state index in [9.17, 15) is 27.6 Å². The summed E-state index contributed by atoms with van der Waals surface area (Å²) >= 11 is 8.47. The molecule has 6 rings (SSSR count). The zero-order valence-electron chi connectivity index (χ0n) is 23.2. The van der Waals surface area contributed by atoms with Crippen molar-refractivity contribution in [3.63, 3.8) is 0 Å². The molecule has 232 valence electrons. The Morgan fingerprint density at radius 3 is 2.42 bits per heavy atom. The minimum absolute atomic E-state index is 0.108. The number of methoxy groups -OCH3 is 1. The summed E-state index contributed by atoms with van der Waals surface area (Å²) in [7, 11) is -2.38. The van der Waals surface area contributed by atoms with Gasteiger partial charge >= 0.3 is 4.87 Å². The number of carbonyl (C=O) groups is 3. The molecule has 3 aromatic carbocycles. The number of H-pyrrole nitrogens is 1. The molecule has 1 fully saturated rings. The number of amides is 3. The van der Waals surface area contributed by atoms with Crippen LogP contribution in [0.4, 0.5) is 11.4 Å². The lowest BCUT2D eigenvalue weighted by Crippen LogP contribution is -2.32. The number of hydrogen-bond donors (Lipinski definition) is 3. The molecule has 3 amide bonds. The van der Waals surface area contributed by atoms with Gasteiger partial charge in [-0.05, 0) is 66.7 Å². The second-order valence-corrected chi connectivity index (χ2v) is 14.2. The van der Waals surface area contributed by atoms with E-state index in [4.69, 9.17) is 26.2 Å². The quantitative estimate of drug-likeness (QED) is 0.234. The van der Waals surface area contributed by atoms with Crippen molar-refractivity contribution in [2.24, 2.45) is 11.1 Å². The predicted octanol–water partition coefficient (Wildman–Crippen LogP) is 3.56. The number of hydrogen-bond acceptors (Lipinski definition) is 10. The first kappa shape index (κ1) is 30.9. The third kappa shape index (κ3) is 5.96. The molecule has 16 heteroatoms. The van der Waals surface area contributed by atoms with Gasteiger partial charge in [0.1, 0.15) is 16.7 Å². The second kappa shape index (κ2) is 12.0. The number of halogens is 1. The highest BCUT2D eigenvalue weighted by molar-refractivity contribution is 8.00. The SMILES string of the molecule is COc1ccc(N2C(=O)[C@H]3[C@H](c4cc(Cl)ccc4OCC(=O)Nc4ccc(S(N)(=O)=O)cc4)c4sc(=O)[nH]c4S[C@H]3C2=O)cc1. The minimum Gasteiger partial charge on any atom is -0.497 e. The Bertz CT molecular complexity index is 1990. The van der Waals surface area contributed by atoms with Gasteiger partial charge in [0, 0.05) is 27.1 Å². The van der Waals surface area contributed by atoms with Crippen molar-refractivity contribution in [1.82, 2.24) is 4.98 Å². The molecule has 4 N–H and O–H groups in total. The van der Waals surface area contributed by atoms with E-state index in [-0.39, 0.29) is 15.5 Å². The van der Waals surface area contributed by atoms with Crippen LogP contribution in [0.5, 0.6) is 11.5 Å². The number of nitrogens with one attached hydrogen (secondary N) is 2. The van der Waals surface area contributed by atoms with Crippen molar-refractivity contribution in [2.75, 3.05) is 23.9 Å². The van der Waals surface area contributed by atoms with Crippen LogP contribution in [-0.4, -0.2) is 50.1 Å². The van der Waals surface area contributed by atoms with Gasteiger partial charge in [0.25, 0.3) is 5.91 Å². The number of anilines is 2. The standard InChI is InChI=1S/C29H23ClN4O8S3/c1-41-17-7-5-16(6-8-17)34-27(36)23-22(24-26(33-29(38)44-24)43-25(23)28(34)37)19-12-14(30)2-11-20(19)42-13-21(35)32-15-3-9-18(10-4-15)45(31,39)40/h2-12,22-23,25H,13H2,1H3,(H,32,35)(H,33,38)(H2,31,39,40)/t22-,23-,25+/m0/s1. The number of thiazole rings is 1. The molecule has 45 heavy (non-hydrogen) atoms. The largest absolute Gasteiger partial charge is 0.497 e. The highest BCUT2D eigenvalue weighted by atomic mass is 35.5. The van der Waals surface area contributed by atoms with E-state index >= 15 is 0 Å². The Kier molecular flexibility index (Phi) is 8.22. The topological polar surface area (TPSA) is 178 Å². The fraction of sp³-hybridized carbons (Fsp3) is 0.172. The molecule has 1 aromatic heterocycles. The van der Waals surface area contributed by atoms with Crippen LogP contribution < -0.4 is 29.7 Å². The van der Waals surface area contributed by atoms with Crippen LogP contribution in [-0.2, 0) is 24.4 Å². The zero-order valence-corrected chi connectivity index (χ0v) is 26.4. The lowest BCUT2D eigenvalue weighted by Gasteiger charge is -2.31. The molecule has 3 heterocycles. The number of nitrogens with zero attached hydrogens (tertiary/aromatic N) is 1. The van der Waals surface area contributed by atoms with E-state index in [0.717, 1.165) is 28.0 Å². The van der Waals surface area contributed by atoms with Crippen molar-refractivity contribution < 1.29 is 32.3 Å². The van der Waals surface area contributed by atoms with Crippen LogP contribution in [0, 0.1) is 5.92 Å². The minimum atomic E-state index is -3.89. The number of benzene rings is 3. The molecule has 0 aliphatic carbocycles. The molecule has 2 aliphatic rings. The molecule has 4 aromatic rings. The van der Waals surface area contributed by atoms with Crippen molar-refractivity contribution in [1.29, 1.82) is 0 Å². The van der Waals surface area contributed by atoms with Crippen LogP contribution in [0.15, 0.2) is 81.4 Å². The summed E-state index contributed by atoms with van der Waals surface area (Å²) in [5, 5.41) is 7.68. The molecule has 12 nitrogen and oxygen atoms in total. The van der Waals surface area contributed by atoms with Crippen molar-refractivity contribution in [2.45, 2.75) is 21.1 Å². The summed E-state index contributed by atoms with van der Waals surface area (Å²) in [6.45, 7) is -0.456. The highest BCUT2D eigenvalue weighted by Crippen LogP contribution is 2.54. The van der Waals surface area contributed by atoms with Gasteiger partial charge in [-0.15, -0.1) is 0 Å². The molecule has 0 saturated carbocycles. The van der Waals surface area contributed by atoms with Gasteiger partial charge in [-0.2, -0.15) is 0 Å². The third-order valence-electron chi connectivity index (χ3n) is 7.29. The lowest BCUT2D eigenvalue weighted by molar-refractivity contribution is -0.122. The van der Waals surface area contributed by atoms with E-state index in [0.29, 0.717) is 37.6 Å². The van der Waals surface area contributed by atoms with Gasteiger partial charge in [-0.25, -0.2) is 18.5 Å². The average Bonchev–Trinajstić information content (AvgIpc) is 3.50. The molecular formula is C29H23ClN4O8S3. The average molecular weight is 687 g/mol. The molecule has 0 spiro atoms. The molecule has 3 atom stereocenters. The number of aromatic nitrogens is 1. The van der Waals surface area contributed by atoms with Gasteiger partial charge in [-0.1, -0.05) is 34.7 Å². The third-order valence-corrected chi connectivity index (χ3v) is 10.9. The smallest absolute Gasteiger partial charge is 0.305 e. The molecular weight excluding hydrogens is 664 g/mol. The molecule has 0 unspecified atom stereocenters. The number of rotatable bonds is 8. The Morgan fingerprint density at radius 1 is 1.04 bits per heavy atom. The van der Waals surface area contributed by atoms with Gasteiger partial charge in [0.15, 0.2) is 6.61 Å². The van der Waals surface area contributed by atoms with Crippen LogP contribution in [0.2, 0.25) is 5.02 Å². The second-order valence-electron chi connectivity index (χ2n) is 10.0. The molecule has 2 aliphatic heterocycles. The van der Waals surface area contributed by atoms with Gasteiger partial charge in [0.2, 0.25) is 21.8 Å². The van der Waals surface area contributed by atoms with E-state index in [1.807, 2.05) is 0 Å². The molecule has 0 radical (unpaired) electrons. The summed E-state index contributed by atoms with van der Waals surface area (Å²) in [4.78, 5) is 57.1. The normalized spacial score (nSPS) is 19.2.